The first kappa shape index (κ1) is 9.69. The largest absolute Gasteiger partial charge is 0.393 e. The molecule has 0 spiro atoms. The summed E-state index contributed by atoms with van der Waals surface area (Å²) in [6.07, 6.45) is 0. The van der Waals surface area contributed by atoms with E-state index in [-0.39, 0.29) is 12.2 Å². The molecule has 0 unspecified atom stereocenters. The second kappa shape index (κ2) is 3.07. The standard InChI is InChI=1S/C12H16O2/c1-8-4-9(2)11(10(3)5-8)12(6-13)7-14-12/h4-5,13H,6-7H2,1-3H3/t12-/m1/s1. The molecule has 14 heavy (non-hydrogen) atoms. The van der Waals surface area contributed by atoms with Crippen LogP contribution in [0.4, 0.5) is 0 Å². The number of epoxide rings is 1. The molecule has 2 rings (SSSR count). The summed E-state index contributed by atoms with van der Waals surface area (Å²) in [6, 6.07) is 4.28. The van der Waals surface area contributed by atoms with Crippen LogP contribution in [0.3, 0.4) is 0 Å². The quantitative estimate of drug-likeness (QED) is 0.725. The van der Waals surface area contributed by atoms with Gasteiger partial charge in [0.15, 0.2) is 0 Å². The molecule has 0 aliphatic carbocycles. The normalized spacial score (nSPS) is 25.1. The molecular weight excluding hydrogens is 176 g/mol. The zero-order chi connectivity index (χ0) is 10.3. The molecule has 1 saturated heterocycles. The Bertz CT molecular complexity index is 342. The highest BCUT2D eigenvalue weighted by Gasteiger charge is 2.47. The van der Waals surface area contributed by atoms with Gasteiger partial charge < -0.3 is 9.84 Å². The van der Waals surface area contributed by atoms with Gasteiger partial charge >= 0.3 is 0 Å². The molecule has 0 amide bonds. The van der Waals surface area contributed by atoms with Crippen molar-refractivity contribution in [2.75, 3.05) is 13.2 Å². The van der Waals surface area contributed by atoms with Gasteiger partial charge in [-0.3, -0.25) is 0 Å². The molecule has 1 aliphatic rings. The second-order valence-corrected chi connectivity index (χ2v) is 4.21. The summed E-state index contributed by atoms with van der Waals surface area (Å²) in [5.41, 5.74) is 4.48. The lowest BCUT2D eigenvalue weighted by atomic mass is 9.90. The third kappa shape index (κ3) is 1.35. The summed E-state index contributed by atoms with van der Waals surface area (Å²) < 4.78 is 5.38. The molecule has 1 aromatic carbocycles. The van der Waals surface area contributed by atoms with Gasteiger partial charge in [-0.05, 0) is 37.5 Å². The Morgan fingerprint density at radius 1 is 1.29 bits per heavy atom. The minimum atomic E-state index is -0.387. The summed E-state index contributed by atoms with van der Waals surface area (Å²) in [5.74, 6) is 0. The monoisotopic (exact) mass is 192 g/mol. The van der Waals surface area contributed by atoms with E-state index >= 15 is 0 Å². The molecule has 0 aromatic heterocycles. The Hall–Kier alpha value is -0.860. The fraction of sp³-hybridized carbons (Fsp3) is 0.500. The summed E-state index contributed by atoms with van der Waals surface area (Å²) >= 11 is 0. The van der Waals surface area contributed by atoms with E-state index in [4.69, 9.17) is 4.74 Å². The minimum absolute atomic E-state index is 0.0811. The Balaban J connectivity index is 2.53. The number of benzene rings is 1. The van der Waals surface area contributed by atoms with Crippen molar-refractivity contribution >= 4 is 0 Å². The highest BCUT2D eigenvalue weighted by Crippen LogP contribution is 2.41. The van der Waals surface area contributed by atoms with E-state index in [1.165, 1.54) is 22.3 Å². The molecule has 1 aromatic rings. The molecule has 0 radical (unpaired) electrons. The van der Waals surface area contributed by atoms with Gasteiger partial charge in [0.05, 0.1) is 13.2 Å². The number of hydrogen-bond acceptors (Lipinski definition) is 2. The molecule has 1 aliphatic heterocycles. The SMILES string of the molecule is Cc1cc(C)c([C@@]2(CO)CO2)c(C)c1. The van der Waals surface area contributed by atoms with Crippen LogP contribution in [0.1, 0.15) is 22.3 Å². The fourth-order valence-electron chi connectivity index (χ4n) is 2.30. The number of ether oxygens (including phenoxy) is 1. The van der Waals surface area contributed by atoms with Gasteiger partial charge in [-0.25, -0.2) is 0 Å². The summed E-state index contributed by atoms with van der Waals surface area (Å²) in [5, 5.41) is 9.30. The summed E-state index contributed by atoms with van der Waals surface area (Å²) in [7, 11) is 0. The second-order valence-electron chi connectivity index (χ2n) is 4.21. The average Bonchev–Trinajstić information content (AvgIpc) is 2.83. The van der Waals surface area contributed by atoms with E-state index in [1.807, 2.05) is 0 Å². The maximum absolute atomic E-state index is 9.30. The molecule has 1 heterocycles. The lowest BCUT2D eigenvalue weighted by Crippen LogP contribution is -2.17. The van der Waals surface area contributed by atoms with Gasteiger partial charge in [0.2, 0.25) is 0 Å². The molecular formula is C12H16O2. The number of aliphatic hydroxyl groups is 1. The summed E-state index contributed by atoms with van der Waals surface area (Å²) in [4.78, 5) is 0. The van der Waals surface area contributed by atoms with Crippen molar-refractivity contribution in [3.8, 4) is 0 Å². The maximum atomic E-state index is 9.30. The predicted molar refractivity (Wildman–Crippen MR) is 55.4 cm³/mol. The smallest absolute Gasteiger partial charge is 0.140 e. The molecule has 0 saturated carbocycles. The number of rotatable bonds is 2. The van der Waals surface area contributed by atoms with Gasteiger partial charge in [-0.1, -0.05) is 17.7 Å². The van der Waals surface area contributed by atoms with Gasteiger partial charge in [-0.15, -0.1) is 0 Å². The highest BCUT2D eigenvalue weighted by atomic mass is 16.6. The van der Waals surface area contributed by atoms with Crippen molar-refractivity contribution < 1.29 is 9.84 Å². The Morgan fingerprint density at radius 3 is 2.14 bits per heavy atom. The van der Waals surface area contributed by atoms with Crippen LogP contribution >= 0.6 is 0 Å². The molecule has 1 N–H and O–H groups in total. The van der Waals surface area contributed by atoms with E-state index in [9.17, 15) is 5.11 Å². The first-order valence-corrected chi connectivity index (χ1v) is 4.92. The molecule has 2 nitrogen and oxygen atoms in total. The molecule has 2 heteroatoms. The molecule has 76 valence electrons. The highest BCUT2D eigenvalue weighted by molar-refractivity contribution is 5.43. The van der Waals surface area contributed by atoms with E-state index in [0.29, 0.717) is 6.61 Å². The zero-order valence-corrected chi connectivity index (χ0v) is 8.92. The van der Waals surface area contributed by atoms with Crippen LogP contribution in [0, 0.1) is 20.8 Å². The van der Waals surface area contributed by atoms with Gasteiger partial charge in [0.1, 0.15) is 5.60 Å². The van der Waals surface area contributed by atoms with Crippen molar-refractivity contribution in [2.45, 2.75) is 26.4 Å². The topological polar surface area (TPSA) is 32.8 Å². The van der Waals surface area contributed by atoms with Crippen molar-refractivity contribution in [2.24, 2.45) is 0 Å². The van der Waals surface area contributed by atoms with Crippen molar-refractivity contribution in [3.05, 3.63) is 34.4 Å². The maximum Gasteiger partial charge on any atom is 0.140 e. The van der Waals surface area contributed by atoms with Crippen molar-refractivity contribution in [1.29, 1.82) is 0 Å². The van der Waals surface area contributed by atoms with Crippen LogP contribution in [0.15, 0.2) is 12.1 Å². The number of hydrogen-bond donors (Lipinski definition) is 1. The van der Waals surface area contributed by atoms with Crippen LogP contribution in [0.25, 0.3) is 0 Å². The average molecular weight is 192 g/mol. The Labute approximate surface area is 84.5 Å². The van der Waals surface area contributed by atoms with Crippen molar-refractivity contribution in [1.82, 2.24) is 0 Å². The third-order valence-electron chi connectivity index (χ3n) is 2.88. The van der Waals surface area contributed by atoms with Crippen LogP contribution in [0.2, 0.25) is 0 Å². The fourth-order valence-corrected chi connectivity index (χ4v) is 2.30. The molecule has 1 fully saturated rings. The van der Waals surface area contributed by atoms with E-state index in [0.717, 1.165) is 0 Å². The lowest BCUT2D eigenvalue weighted by molar-refractivity contribution is 0.171. The van der Waals surface area contributed by atoms with Crippen LogP contribution in [0.5, 0.6) is 0 Å². The van der Waals surface area contributed by atoms with E-state index in [2.05, 4.69) is 32.9 Å². The van der Waals surface area contributed by atoms with Crippen LogP contribution in [-0.4, -0.2) is 18.3 Å². The Kier molecular flexibility index (Phi) is 2.13. The summed E-state index contributed by atoms with van der Waals surface area (Å²) in [6.45, 7) is 6.97. The first-order chi connectivity index (χ1) is 6.59. The van der Waals surface area contributed by atoms with E-state index < -0.39 is 0 Å². The molecule has 0 bridgehead atoms. The van der Waals surface area contributed by atoms with E-state index in [1.54, 1.807) is 0 Å². The van der Waals surface area contributed by atoms with Crippen LogP contribution in [-0.2, 0) is 10.3 Å². The molecule has 1 atom stereocenters. The minimum Gasteiger partial charge on any atom is -0.393 e. The van der Waals surface area contributed by atoms with Crippen molar-refractivity contribution in [3.63, 3.8) is 0 Å². The zero-order valence-electron chi connectivity index (χ0n) is 8.92. The Morgan fingerprint density at radius 2 is 1.79 bits per heavy atom. The van der Waals surface area contributed by atoms with Gasteiger partial charge in [-0.2, -0.15) is 0 Å². The third-order valence-corrected chi connectivity index (χ3v) is 2.88. The van der Waals surface area contributed by atoms with Crippen LogP contribution < -0.4 is 0 Å². The number of aryl methyl sites for hydroxylation is 3. The predicted octanol–water partition coefficient (Wildman–Crippen LogP) is 1.83. The van der Waals surface area contributed by atoms with Gasteiger partial charge in [0.25, 0.3) is 0 Å². The lowest BCUT2D eigenvalue weighted by Gasteiger charge is -2.16. The first-order valence-electron chi connectivity index (χ1n) is 4.92. The number of aliphatic hydroxyl groups excluding tert-OH is 1. The van der Waals surface area contributed by atoms with Gasteiger partial charge in [0, 0.05) is 0 Å².